The number of benzene rings is 1. The maximum Gasteiger partial charge on any atom is 0.416 e. The van der Waals surface area contributed by atoms with Crippen LogP contribution in [-0.4, -0.2) is 18.0 Å². The average Bonchev–Trinajstić information content (AvgIpc) is 2.77. The Morgan fingerprint density at radius 3 is 2.52 bits per heavy atom. The van der Waals surface area contributed by atoms with Crippen LogP contribution in [0.25, 0.3) is 0 Å². The molecule has 0 aliphatic rings. The number of halogens is 4. The molecule has 0 unspecified atom stereocenters. The minimum Gasteiger partial charge on any atom is -0.323 e. The lowest BCUT2D eigenvalue weighted by atomic mass is 10.2. The first-order valence-corrected chi connectivity index (χ1v) is 7.34. The van der Waals surface area contributed by atoms with Gasteiger partial charge in [0.15, 0.2) is 0 Å². The van der Waals surface area contributed by atoms with Crippen molar-refractivity contribution in [3.05, 3.63) is 41.2 Å². The van der Waals surface area contributed by atoms with Crippen LogP contribution in [0.1, 0.15) is 5.56 Å². The van der Waals surface area contributed by atoms with Crippen LogP contribution in [0.2, 0.25) is 5.02 Å². The largest absolute Gasteiger partial charge is 0.416 e. The number of hydrogen-bond donors (Lipinski definition) is 1. The molecule has 2 aromatic rings. The Morgan fingerprint density at radius 1 is 1.33 bits per heavy atom. The van der Waals surface area contributed by atoms with Gasteiger partial charge < -0.3 is 4.57 Å². The van der Waals surface area contributed by atoms with Crippen molar-refractivity contribution in [3.63, 3.8) is 0 Å². The molecular weight excluding hydrogens is 331 g/mol. The lowest BCUT2D eigenvalue weighted by Gasteiger charge is -2.12. The standard InChI is InChI=1S/C11H9ClF3N3O2S/c1-18-5-4-16-10(18)21(19,20)17-9-6-7(11(13,14)15)2-3-8(9)12/h2-6,17H,1H3. The molecule has 0 saturated heterocycles. The highest BCUT2D eigenvalue weighted by Gasteiger charge is 2.31. The number of nitrogens with zero attached hydrogens (tertiary/aromatic N) is 2. The molecule has 114 valence electrons. The van der Waals surface area contributed by atoms with E-state index < -0.39 is 21.8 Å². The van der Waals surface area contributed by atoms with Gasteiger partial charge in [0.05, 0.1) is 16.3 Å². The summed E-state index contributed by atoms with van der Waals surface area (Å²) in [6, 6.07) is 2.37. The summed E-state index contributed by atoms with van der Waals surface area (Å²) in [5, 5.41) is -0.489. The maximum atomic E-state index is 12.6. The fourth-order valence-electron chi connectivity index (χ4n) is 1.58. The van der Waals surface area contributed by atoms with Crippen molar-refractivity contribution in [1.29, 1.82) is 0 Å². The summed E-state index contributed by atoms with van der Waals surface area (Å²) in [6.45, 7) is 0. The summed E-state index contributed by atoms with van der Waals surface area (Å²) >= 11 is 5.73. The van der Waals surface area contributed by atoms with Crippen LogP contribution in [0.5, 0.6) is 0 Å². The lowest BCUT2D eigenvalue weighted by molar-refractivity contribution is -0.137. The molecule has 2 rings (SSSR count). The van der Waals surface area contributed by atoms with Crippen LogP contribution in [0.3, 0.4) is 0 Å². The topological polar surface area (TPSA) is 64.0 Å². The van der Waals surface area contributed by atoms with E-state index in [1.165, 1.54) is 24.0 Å². The number of aromatic nitrogens is 2. The first-order chi connectivity index (χ1) is 9.61. The predicted molar refractivity (Wildman–Crippen MR) is 70.5 cm³/mol. The minimum absolute atomic E-state index is 0.152. The number of aryl methyl sites for hydroxylation is 1. The Hall–Kier alpha value is -1.74. The Balaban J connectivity index is 2.42. The van der Waals surface area contributed by atoms with Crippen LogP contribution in [-0.2, 0) is 23.2 Å². The molecular formula is C11H9ClF3N3O2S. The van der Waals surface area contributed by atoms with Gasteiger partial charge in [-0.15, -0.1) is 0 Å². The van der Waals surface area contributed by atoms with Crippen molar-refractivity contribution in [2.24, 2.45) is 7.05 Å². The Kier molecular flexibility index (Phi) is 3.89. The Labute approximate surface area is 123 Å². The normalized spacial score (nSPS) is 12.4. The van der Waals surface area contributed by atoms with Crippen molar-refractivity contribution >= 4 is 27.3 Å². The third kappa shape index (κ3) is 3.30. The number of sulfonamides is 1. The molecule has 1 aromatic heterocycles. The van der Waals surface area contributed by atoms with Gasteiger partial charge in [-0.2, -0.15) is 21.6 Å². The summed E-state index contributed by atoms with van der Waals surface area (Å²) in [7, 11) is -2.70. The summed E-state index contributed by atoms with van der Waals surface area (Å²) < 4.78 is 65.2. The van der Waals surface area contributed by atoms with Crippen LogP contribution >= 0.6 is 11.6 Å². The zero-order chi connectivity index (χ0) is 15.8. The minimum atomic E-state index is -4.60. The third-order valence-corrected chi connectivity index (χ3v) is 4.25. The summed E-state index contributed by atoms with van der Waals surface area (Å²) in [5.41, 5.74) is -1.38. The van der Waals surface area contributed by atoms with E-state index in [2.05, 4.69) is 4.98 Å². The molecule has 0 aliphatic carbocycles. The van der Waals surface area contributed by atoms with E-state index in [9.17, 15) is 21.6 Å². The second-order valence-electron chi connectivity index (χ2n) is 4.12. The van der Waals surface area contributed by atoms with E-state index in [4.69, 9.17) is 11.6 Å². The highest BCUT2D eigenvalue weighted by molar-refractivity contribution is 7.92. The number of nitrogens with one attached hydrogen (secondary N) is 1. The fourth-order valence-corrected chi connectivity index (χ4v) is 2.99. The lowest BCUT2D eigenvalue weighted by Crippen LogP contribution is -2.18. The van der Waals surface area contributed by atoms with Gasteiger partial charge in [0, 0.05) is 19.4 Å². The fraction of sp³-hybridized carbons (Fsp3) is 0.182. The Morgan fingerprint density at radius 2 is 2.00 bits per heavy atom. The summed E-state index contributed by atoms with van der Waals surface area (Å²) in [4.78, 5) is 3.63. The molecule has 0 spiro atoms. The SMILES string of the molecule is Cn1ccnc1S(=O)(=O)Nc1cc(C(F)(F)F)ccc1Cl. The number of imidazole rings is 1. The van der Waals surface area contributed by atoms with Gasteiger partial charge in [0.2, 0.25) is 5.16 Å². The molecule has 5 nitrogen and oxygen atoms in total. The van der Waals surface area contributed by atoms with Crippen LogP contribution in [0.4, 0.5) is 18.9 Å². The molecule has 0 fully saturated rings. The van der Waals surface area contributed by atoms with Gasteiger partial charge in [0.25, 0.3) is 10.0 Å². The van der Waals surface area contributed by atoms with Gasteiger partial charge in [-0.25, -0.2) is 4.98 Å². The molecule has 0 aliphatic heterocycles. The molecule has 0 radical (unpaired) electrons. The molecule has 0 saturated carbocycles. The molecule has 0 atom stereocenters. The van der Waals surface area contributed by atoms with Gasteiger partial charge in [0.1, 0.15) is 0 Å². The average molecular weight is 340 g/mol. The third-order valence-electron chi connectivity index (χ3n) is 2.56. The van der Waals surface area contributed by atoms with Crippen molar-refractivity contribution < 1.29 is 21.6 Å². The first-order valence-electron chi connectivity index (χ1n) is 5.48. The van der Waals surface area contributed by atoms with E-state index in [0.29, 0.717) is 6.07 Å². The van der Waals surface area contributed by atoms with Crippen LogP contribution in [0, 0.1) is 0 Å². The number of rotatable bonds is 3. The second-order valence-corrected chi connectivity index (χ2v) is 6.10. The van der Waals surface area contributed by atoms with Crippen molar-refractivity contribution in [3.8, 4) is 0 Å². The number of anilines is 1. The van der Waals surface area contributed by atoms with E-state index in [1.54, 1.807) is 0 Å². The number of alkyl halides is 3. The summed E-state index contributed by atoms with van der Waals surface area (Å²) in [6.07, 6.45) is -1.96. The zero-order valence-electron chi connectivity index (χ0n) is 10.5. The van der Waals surface area contributed by atoms with Gasteiger partial charge in [-0.3, -0.25) is 4.72 Å². The molecule has 0 amide bonds. The number of hydrogen-bond acceptors (Lipinski definition) is 3. The highest BCUT2D eigenvalue weighted by Crippen LogP contribution is 2.34. The van der Waals surface area contributed by atoms with Gasteiger partial charge in [-0.1, -0.05) is 11.6 Å². The van der Waals surface area contributed by atoms with E-state index in [1.807, 2.05) is 4.72 Å². The van der Waals surface area contributed by atoms with E-state index in [-0.39, 0.29) is 15.9 Å². The first kappa shape index (κ1) is 15.6. The molecule has 1 heterocycles. The van der Waals surface area contributed by atoms with Crippen LogP contribution < -0.4 is 4.72 Å². The van der Waals surface area contributed by atoms with Gasteiger partial charge in [-0.05, 0) is 18.2 Å². The van der Waals surface area contributed by atoms with E-state index >= 15 is 0 Å². The maximum absolute atomic E-state index is 12.6. The zero-order valence-corrected chi connectivity index (χ0v) is 12.1. The molecule has 10 heteroatoms. The molecule has 0 bridgehead atoms. The van der Waals surface area contributed by atoms with Crippen molar-refractivity contribution in [2.45, 2.75) is 11.3 Å². The second kappa shape index (κ2) is 5.23. The Bertz CT molecular complexity index is 771. The predicted octanol–water partition coefficient (Wildman–Crippen LogP) is 2.89. The van der Waals surface area contributed by atoms with Crippen molar-refractivity contribution in [2.75, 3.05) is 4.72 Å². The summed E-state index contributed by atoms with van der Waals surface area (Å²) in [5.74, 6) is 0. The smallest absolute Gasteiger partial charge is 0.323 e. The van der Waals surface area contributed by atoms with Crippen LogP contribution in [0.15, 0.2) is 35.7 Å². The molecule has 21 heavy (non-hydrogen) atoms. The van der Waals surface area contributed by atoms with Gasteiger partial charge >= 0.3 is 6.18 Å². The monoisotopic (exact) mass is 339 g/mol. The van der Waals surface area contributed by atoms with Crippen molar-refractivity contribution in [1.82, 2.24) is 9.55 Å². The highest BCUT2D eigenvalue weighted by atomic mass is 35.5. The molecule has 1 N–H and O–H groups in total. The quantitative estimate of drug-likeness (QED) is 0.935. The van der Waals surface area contributed by atoms with E-state index in [0.717, 1.165) is 12.1 Å². The molecule has 1 aromatic carbocycles.